The lowest BCUT2D eigenvalue weighted by Crippen LogP contribution is -2.52. The first-order valence-corrected chi connectivity index (χ1v) is 9.20. The van der Waals surface area contributed by atoms with E-state index in [0.29, 0.717) is 25.1 Å². The van der Waals surface area contributed by atoms with Crippen molar-refractivity contribution in [2.24, 2.45) is 0 Å². The van der Waals surface area contributed by atoms with E-state index in [9.17, 15) is 13.2 Å². The molecule has 1 aromatic rings. The first-order valence-electron chi connectivity index (χ1n) is 7.76. The maximum Gasteiger partial charge on any atom is 0.243 e. The summed E-state index contributed by atoms with van der Waals surface area (Å²) in [7, 11) is 0.781. The van der Waals surface area contributed by atoms with Crippen LogP contribution in [0.25, 0.3) is 0 Å². The zero-order chi connectivity index (χ0) is 17.8. The Morgan fingerprint density at radius 2 is 2.12 bits per heavy atom. The fourth-order valence-electron chi connectivity index (χ4n) is 3.21. The Balaban J connectivity index is 2.43. The SMILES string of the molecule is CNC(=O)C[C@]1(COC)CCCN1S(=O)(=O)c1cccc(OC)c1. The number of ether oxygens (including phenoxy) is 2. The molecule has 2 rings (SSSR count). The highest BCUT2D eigenvalue weighted by molar-refractivity contribution is 7.89. The molecule has 0 aromatic heterocycles. The minimum atomic E-state index is -3.76. The molecule has 0 bridgehead atoms. The summed E-state index contributed by atoms with van der Waals surface area (Å²) in [5, 5.41) is 2.57. The van der Waals surface area contributed by atoms with E-state index in [-0.39, 0.29) is 23.8 Å². The number of methoxy groups -OCH3 is 2. The van der Waals surface area contributed by atoms with Crippen LogP contribution in [0.1, 0.15) is 19.3 Å². The second-order valence-corrected chi connectivity index (χ2v) is 7.73. The lowest BCUT2D eigenvalue weighted by molar-refractivity contribution is -0.123. The van der Waals surface area contributed by atoms with Gasteiger partial charge >= 0.3 is 0 Å². The molecule has 8 heteroatoms. The molecule has 0 aliphatic carbocycles. The first-order chi connectivity index (χ1) is 11.4. The molecule has 0 saturated carbocycles. The van der Waals surface area contributed by atoms with Crippen LogP contribution in [0.15, 0.2) is 29.2 Å². The summed E-state index contributed by atoms with van der Waals surface area (Å²) in [5.74, 6) is 0.263. The van der Waals surface area contributed by atoms with Gasteiger partial charge in [0.15, 0.2) is 0 Å². The summed E-state index contributed by atoms with van der Waals surface area (Å²) in [4.78, 5) is 12.1. The highest BCUT2D eigenvalue weighted by Crippen LogP contribution is 2.38. The van der Waals surface area contributed by atoms with E-state index in [2.05, 4.69) is 5.32 Å². The van der Waals surface area contributed by atoms with Gasteiger partial charge in [-0.05, 0) is 25.0 Å². The molecule has 1 amide bonds. The topological polar surface area (TPSA) is 84.9 Å². The normalized spacial score (nSPS) is 21.6. The highest BCUT2D eigenvalue weighted by atomic mass is 32.2. The number of benzene rings is 1. The molecular formula is C16H24N2O5S. The van der Waals surface area contributed by atoms with E-state index in [1.54, 1.807) is 19.2 Å². The van der Waals surface area contributed by atoms with Gasteiger partial charge < -0.3 is 14.8 Å². The summed E-state index contributed by atoms with van der Waals surface area (Å²) in [6.45, 7) is 0.531. The molecule has 0 spiro atoms. The van der Waals surface area contributed by atoms with Gasteiger partial charge in [0, 0.05) is 33.2 Å². The first kappa shape index (κ1) is 18.7. The van der Waals surface area contributed by atoms with Crippen molar-refractivity contribution in [1.82, 2.24) is 9.62 Å². The second-order valence-electron chi connectivity index (χ2n) is 5.87. The Kier molecular flexibility index (Phi) is 5.84. The second kappa shape index (κ2) is 7.50. The number of nitrogens with one attached hydrogen (secondary N) is 1. The van der Waals surface area contributed by atoms with E-state index in [1.807, 2.05) is 0 Å². The largest absolute Gasteiger partial charge is 0.497 e. The van der Waals surface area contributed by atoms with Crippen LogP contribution in [-0.2, 0) is 19.6 Å². The maximum absolute atomic E-state index is 13.1. The molecule has 0 unspecified atom stereocenters. The van der Waals surface area contributed by atoms with Crippen molar-refractivity contribution in [1.29, 1.82) is 0 Å². The van der Waals surface area contributed by atoms with E-state index in [0.717, 1.165) is 0 Å². The highest BCUT2D eigenvalue weighted by Gasteiger charge is 2.48. The van der Waals surface area contributed by atoms with E-state index < -0.39 is 15.6 Å². The number of nitrogens with zero attached hydrogens (tertiary/aromatic N) is 1. The zero-order valence-electron chi connectivity index (χ0n) is 14.2. The Morgan fingerprint density at radius 3 is 2.75 bits per heavy atom. The summed E-state index contributed by atoms with van der Waals surface area (Å²) in [5.41, 5.74) is -0.864. The van der Waals surface area contributed by atoms with Gasteiger partial charge in [0.25, 0.3) is 0 Å². The summed E-state index contributed by atoms with van der Waals surface area (Å²) >= 11 is 0. The zero-order valence-corrected chi connectivity index (χ0v) is 15.1. The van der Waals surface area contributed by atoms with Gasteiger partial charge in [-0.25, -0.2) is 8.42 Å². The van der Waals surface area contributed by atoms with Crippen molar-refractivity contribution in [3.63, 3.8) is 0 Å². The summed E-state index contributed by atoms with van der Waals surface area (Å²) < 4.78 is 38.1. The average molecular weight is 356 g/mol. The molecule has 1 atom stereocenters. The van der Waals surface area contributed by atoms with Crippen LogP contribution in [0.4, 0.5) is 0 Å². The third-order valence-corrected chi connectivity index (χ3v) is 6.34. The minimum Gasteiger partial charge on any atom is -0.497 e. The van der Waals surface area contributed by atoms with Crippen molar-refractivity contribution < 1.29 is 22.7 Å². The van der Waals surface area contributed by atoms with Crippen LogP contribution >= 0.6 is 0 Å². The van der Waals surface area contributed by atoms with E-state index in [4.69, 9.17) is 9.47 Å². The third-order valence-electron chi connectivity index (χ3n) is 4.34. The van der Waals surface area contributed by atoms with Crippen LogP contribution in [0.3, 0.4) is 0 Å². The molecule has 134 valence electrons. The maximum atomic E-state index is 13.1. The molecule has 7 nitrogen and oxygen atoms in total. The number of hydrogen-bond acceptors (Lipinski definition) is 5. The van der Waals surface area contributed by atoms with Crippen molar-refractivity contribution in [2.75, 3.05) is 34.4 Å². The molecule has 1 aliphatic rings. The van der Waals surface area contributed by atoms with Crippen LogP contribution in [0.2, 0.25) is 0 Å². The lowest BCUT2D eigenvalue weighted by Gasteiger charge is -2.36. The van der Waals surface area contributed by atoms with Crippen molar-refractivity contribution in [2.45, 2.75) is 29.7 Å². The monoisotopic (exact) mass is 356 g/mol. The lowest BCUT2D eigenvalue weighted by atomic mass is 9.94. The number of sulfonamides is 1. The van der Waals surface area contributed by atoms with Crippen LogP contribution in [0.5, 0.6) is 5.75 Å². The molecule has 24 heavy (non-hydrogen) atoms. The van der Waals surface area contributed by atoms with Gasteiger partial charge in [0.2, 0.25) is 15.9 Å². The Bertz CT molecular complexity index is 691. The number of rotatable bonds is 7. The predicted octanol–water partition coefficient (Wildman–Crippen LogP) is 1.00. The van der Waals surface area contributed by atoms with Crippen LogP contribution in [-0.4, -0.2) is 58.6 Å². The van der Waals surface area contributed by atoms with Gasteiger partial charge in [0.1, 0.15) is 5.75 Å². The Labute approximate surface area is 143 Å². The predicted molar refractivity (Wildman–Crippen MR) is 89.4 cm³/mol. The van der Waals surface area contributed by atoms with Crippen molar-refractivity contribution >= 4 is 15.9 Å². The quantitative estimate of drug-likeness (QED) is 0.788. The number of amides is 1. The Morgan fingerprint density at radius 1 is 1.38 bits per heavy atom. The molecule has 1 fully saturated rings. The standard InChI is InChI=1S/C16H24N2O5S/c1-17-15(19)11-16(12-22-2)8-5-9-18(16)24(20,21)14-7-4-6-13(10-14)23-3/h4,6-7,10H,5,8-9,11-12H2,1-3H3,(H,17,19)/t16-/m0/s1. The fraction of sp³-hybridized carbons (Fsp3) is 0.562. The molecular weight excluding hydrogens is 332 g/mol. The van der Waals surface area contributed by atoms with Gasteiger partial charge in [0.05, 0.1) is 24.2 Å². The number of carbonyl (C=O) groups excluding carboxylic acids is 1. The molecule has 1 saturated heterocycles. The third kappa shape index (κ3) is 3.55. The van der Waals surface area contributed by atoms with Crippen molar-refractivity contribution in [3.8, 4) is 5.75 Å². The van der Waals surface area contributed by atoms with Crippen molar-refractivity contribution in [3.05, 3.63) is 24.3 Å². The van der Waals surface area contributed by atoms with Gasteiger partial charge in [-0.15, -0.1) is 0 Å². The van der Waals surface area contributed by atoms with E-state index >= 15 is 0 Å². The smallest absolute Gasteiger partial charge is 0.243 e. The number of hydrogen-bond donors (Lipinski definition) is 1. The summed E-state index contributed by atoms with van der Waals surface area (Å²) in [6.07, 6.45) is 1.33. The van der Waals surface area contributed by atoms with Crippen LogP contribution < -0.4 is 10.1 Å². The molecule has 1 aliphatic heterocycles. The average Bonchev–Trinajstić information content (AvgIpc) is 2.99. The van der Waals surface area contributed by atoms with Crippen LogP contribution in [0, 0.1) is 0 Å². The molecule has 1 heterocycles. The van der Waals surface area contributed by atoms with Gasteiger partial charge in [-0.2, -0.15) is 4.31 Å². The summed E-state index contributed by atoms with van der Waals surface area (Å²) in [6, 6.07) is 6.35. The number of carbonyl (C=O) groups is 1. The van der Waals surface area contributed by atoms with E-state index in [1.165, 1.54) is 30.7 Å². The van der Waals surface area contributed by atoms with Gasteiger partial charge in [-0.3, -0.25) is 4.79 Å². The van der Waals surface area contributed by atoms with Gasteiger partial charge in [-0.1, -0.05) is 6.07 Å². The minimum absolute atomic E-state index is 0.0700. The fourth-order valence-corrected chi connectivity index (χ4v) is 5.06. The molecule has 1 N–H and O–H groups in total. The molecule has 1 aromatic carbocycles. The Hall–Kier alpha value is -1.64. The molecule has 0 radical (unpaired) electrons.